The van der Waals surface area contributed by atoms with E-state index in [0.717, 1.165) is 25.5 Å². The molecule has 0 saturated carbocycles. The molecule has 1 N–H and O–H groups in total. The molecule has 1 atom stereocenters. The Morgan fingerprint density at radius 3 is 1.96 bits per heavy atom. The summed E-state index contributed by atoms with van der Waals surface area (Å²) < 4.78 is 25.2. The first-order valence-corrected chi connectivity index (χ1v) is 11.1. The normalized spacial score (nSPS) is 13.3. The minimum absolute atomic E-state index is 0.284. The molecule has 25 heavy (non-hydrogen) atoms. The molecule has 0 saturated heterocycles. The highest BCUT2D eigenvalue weighted by molar-refractivity contribution is 7.92. The van der Waals surface area contributed by atoms with Crippen molar-refractivity contribution in [3.63, 3.8) is 0 Å². The Bertz CT molecular complexity index is 570. The van der Waals surface area contributed by atoms with Gasteiger partial charge in [-0.3, -0.25) is 0 Å². The number of benzene rings is 1. The largest absolute Gasteiger partial charge is 0.411 e. The first-order valence-electron chi connectivity index (χ1n) is 9.59. The summed E-state index contributed by atoms with van der Waals surface area (Å²) in [5, 5.41) is 11.0. The van der Waals surface area contributed by atoms with Crippen LogP contribution in [-0.2, 0) is 9.84 Å². The first-order chi connectivity index (χ1) is 12.1. The number of hydrogen-bond donors (Lipinski definition) is 1. The molecule has 1 aromatic carbocycles. The fraction of sp³-hybridized carbons (Fsp3) is 0.650. The number of unbranched alkanes of at least 4 members (excludes halogenated alkanes) is 9. The Labute approximate surface area is 153 Å². The maximum absolute atomic E-state index is 12.6. The molecule has 0 bridgehead atoms. The fourth-order valence-electron chi connectivity index (χ4n) is 3.00. The second-order valence-electron chi connectivity index (χ2n) is 6.63. The fourth-order valence-corrected chi connectivity index (χ4v) is 4.58. The van der Waals surface area contributed by atoms with Crippen molar-refractivity contribution in [1.29, 1.82) is 0 Å². The summed E-state index contributed by atoms with van der Waals surface area (Å²) >= 11 is 0. The molecule has 0 unspecified atom stereocenters. The standard InChI is InChI=1S/C20H33NO3S/c1-2-3-4-5-6-7-8-9-10-12-17-20(18-21-22)25(23,24)19-15-13-11-14-16-19/h11,13-16,18,20,22H,2-10,12,17H2,1H3/b21-18-/t20-/m0/s1. The van der Waals surface area contributed by atoms with Gasteiger partial charge in [0.15, 0.2) is 9.84 Å². The predicted molar refractivity (Wildman–Crippen MR) is 104 cm³/mol. The lowest BCUT2D eigenvalue weighted by Gasteiger charge is -2.13. The van der Waals surface area contributed by atoms with Crippen LogP contribution in [0.2, 0.25) is 0 Å². The number of oxime groups is 1. The third-order valence-corrected chi connectivity index (χ3v) is 6.63. The van der Waals surface area contributed by atoms with E-state index >= 15 is 0 Å². The van der Waals surface area contributed by atoms with Crippen LogP contribution in [0.3, 0.4) is 0 Å². The topological polar surface area (TPSA) is 66.7 Å². The van der Waals surface area contributed by atoms with Crippen LogP contribution in [0.4, 0.5) is 0 Å². The van der Waals surface area contributed by atoms with Crippen molar-refractivity contribution in [2.45, 2.75) is 87.7 Å². The average molecular weight is 368 g/mol. The summed E-state index contributed by atoms with van der Waals surface area (Å²) in [6, 6.07) is 8.38. The molecule has 0 heterocycles. The van der Waals surface area contributed by atoms with Gasteiger partial charge in [-0.2, -0.15) is 0 Å². The zero-order valence-corrected chi connectivity index (χ0v) is 16.3. The van der Waals surface area contributed by atoms with Gasteiger partial charge in [-0.05, 0) is 18.6 Å². The van der Waals surface area contributed by atoms with Gasteiger partial charge in [0.25, 0.3) is 0 Å². The molecule has 0 amide bonds. The van der Waals surface area contributed by atoms with Gasteiger partial charge in [0, 0.05) is 0 Å². The van der Waals surface area contributed by atoms with Gasteiger partial charge < -0.3 is 5.21 Å². The molecule has 0 spiro atoms. The Morgan fingerprint density at radius 1 is 0.920 bits per heavy atom. The number of sulfone groups is 1. The van der Waals surface area contributed by atoms with Crippen molar-refractivity contribution in [3.8, 4) is 0 Å². The second-order valence-corrected chi connectivity index (χ2v) is 8.80. The molecular formula is C20H33NO3S. The van der Waals surface area contributed by atoms with Crippen molar-refractivity contribution in [1.82, 2.24) is 0 Å². The monoisotopic (exact) mass is 367 g/mol. The van der Waals surface area contributed by atoms with Crippen LogP contribution in [0.5, 0.6) is 0 Å². The van der Waals surface area contributed by atoms with Crippen LogP contribution in [0, 0.1) is 0 Å². The smallest absolute Gasteiger partial charge is 0.186 e. The molecule has 0 aromatic heterocycles. The van der Waals surface area contributed by atoms with Gasteiger partial charge in [0.05, 0.1) is 11.1 Å². The molecular weight excluding hydrogens is 334 g/mol. The van der Waals surface area contributed by atoms with Crippen LogP contribution in [0.1, 0.15) is 77.6 Å². The van der Waals surface area contributed by atoms with Crippen molar-refractivity contribution >= 4 is 16.1 Å². The van der Waals surface area contributed by atoms with E-state index in [2.05, 4.69) is 12.1 Å². The lowest BCUT2D eigenvalue weighted by Crippen LogP contribution is -2.23. The van der Waals surface area contributed by atoms with Crippen LogP contribution < -0.4 is 0 Å². The quantitative estimate of drug-likeness (QED) is 0.201. The minimum Gasteiger partial charge on any atom is -0.411 e. The average Bonchev–Trinajstić information content (AvgIpc) is 2.63. The van der Waals surface area contributed by atoms with E-state index in [1.54, 1.807) is 30.3 Å². The molecule has 4 nitrogen and oxygen atoms in total. The Balaban J connectivity index is 2.30. The summed E-state index contributed by atoms with van der Waals surface area (Å²) in [6.45, 7) is 2.23. The van der Waals surface area contributed by atoms with Gasteiger partial charge in [-0.25, -0.2) is 8.42 Å². The molecule has 142 valence electrons. The molecule has 0 radical (unpaired) electrons. The highest BCUT2D eigenvalue weighted by Crippen LogP contribution is 2.20. The number of rotatable bonds is 14. The van der Waals surface area contributed by atoms with Crippen LogP contribution in [-0.4, -0.2) is 25.1 Å². The van der Waals surface area contributed by atoms with Crippen molar-refractivity contribution in [3.05, 3.63) is 30.3 Å². The van der Waals surface area contributed by atoms with Crippen LogP contribution >= 0.6 is 0 Å². The van der Waals surface area contributed by atoms with Gasteiger partial charge in [0.2, 0.25) is 0 Å². The SMILES string of the molecule is CCCCCCCCCCCC[C@@H](/C=N\O)S(=O)(=O)c1ccccc1. The maximum Gasteiger partial charge on any atom is 0.186 e. The van der Waals surface area contributed by atoms with E-state index < -0.39 is 15.1 Å². The lowest BCUT2D eigenvalue weighted by atomic mass is 10.1. The van der Waals surface area contributed by atoms with Crippen molar-refractivity contribution in [2.24, 2.45) is 5.16 Å². The summed E-state index contributed by atoms with van der Waals surface area (Å²) in [5.41, 5.74) is 0. The third kappa shape index (κ3) is 8.52. The van der Waals surface area contributed by atoms with Gasteiger partial charge in [-0.1, -0.05) is 89.3 Å². The van der Waals surface area contributed by atoms with E-state index in [1.165, 1.54) is 44.9 Å². The molecule has 0 aliphatic carbocycles. The zero-order chi connectivity index (χ0) is 18.4. The number of hydrogen-bond acceptors (Lipinski definition) is 4. The Kier molecular flexibility index (Phi) is 11.2. The lowest BCUT2D eigenvalue weighted by molar-refractivity contribution is 0.320. The summed E-state index contributed by atoms with van der Waals surface area (Å²) in [5.74, 6) is 0. The van der Waals surface area contributed by atoms with E-state index in [0.29, 0.717) is 6.42 Å². The minimum atomic E-state index is -3.48. The van der Waals surface area contributed by atoms with Crippen molar-refractivity contribution in [2.75, 3.05) is 0 Å². The molecule has 1 rings (SSSR count). The van der Waals surface area contributed by atoms with Crippen molar-refractivity contribution < 1.29 is 13.6 Å². The molecule has 0 fully saturated rings. The number of nitrogens with zero attached hydrogens (tertiary/aromatic N) is 1. The summed E-state index contributed by atoms with van der Waals surface area (Å²) in [7, 11) is -3.48. The third-order valence-electron chi connectivity index (χ3n) is 4.55. The van der Waals surface area contributed by atoms with Crippen LogP contribution in [0.25, 0.3) is 0 Å². The van der Waals surface area contributed by atoms with Gasteiger partial charge >= 0.3 is 0 Å². The van der Waals surface area contributed by atoms with E-state index in [-0.39, 0.29) is 4.90 Å². The molecule has 1 aromatic rings. The van der Waals surface area contributed by atoms with E-state index in [4.69, 9.17) is 5.21 Å². The zero-order valence-electron chi connectivity index (χ0n) is 15.4. The highest BCUT2D eigenvalue weighted by Gasteiger charge is 2.25. The summed E-state index contributed by atoms with van der Waals surface area (Å²) in [6.07, 6.45) is 13.7. The van der Waals surface area contributed by atoms with Crippen LogP contribution in [0.15, 0.2) is 40.4 Å². The Morgan fingerprint density at radius 2 is 1.44 bits per heavy atom. The van der Waals surface area contributed by atoms with E-state index in [9.17, 15) is 8.42 Å². The highest BCUT2D eigenvalue weighted by atomic mass is 32.2. The second kappa shape index (κ2) is 12.9. The Hall–Kier alpha value is -1.36. The first kappa shape index (κ1) is 21.7. The summed E-state index contributed by atoms with van der Waals surface area (Å²) in [4.78, 5) is 0.284. The van der Waals surface area contributed by atoms with Gasteiger partial charge in [0.1, 0.15) is 5.25 Å². The van der Waals surface area contributed by atoms with Gasteiger partial charge in [-0.15, -0.1) is 5.16 Å². The maximum atomic E-state index is 12.6. The molecule has 0 aliphatic heterocycles. The predicted octanol–water partition coefficient (Wildman–Crippen LogP) is 5.60. The van der Waals surface area contributed by atoms with E-state index in [1.807, 2.05) is 0 Å². The molecule has 5 heteroatoms. The molecule has 0 aliphatic rings.